The number of rotatable bonds is 0. The van der Waals surface area contributed by atoms with Crippen molar-refractivity contribution in [3.63, 3.8) is 0 Å². The largest absolute Gasteiger partial charge is 0.357 e. The van der Waals surface area contributed by atoms with Gasteiger partial charge in [0.15, 0.2) is 0 Å². The van der Waals surface area contributed by atoms with Crippen LogP contribution in [0, 0.1) is 6.92 Å². The molecule has 16 heavy (non-hydrogen) atoms. The van der Waals surface area contributed by atoms with E-state index in [-0.39, 0.29) is 0 Å². The molecule has 1 aliphatic rings. The molecule has 1 aliphatic heterocycles. The van der Waals surface area contributed by atoms with Crippen LogP contribution in [-0.2, 0) is 6.42 Å². The molecule has 2 aromatic rings. The normalized spacial score (nSPS) is 21.3. The Bertz CT molecular complexity index is 539. The Morgan fingerprint density at radius 3 is 3.00 bits per heavy atom. The van der Waals surface area contributed by atoms with Gasteiger partial charge in [0.05, 0.1) is 0 Å². The van der Waals surface area contributed by atoms with Crippen molar-refractivity contribution >= 4 is 10.9 Å². The van der Waals surface area contributed by atoms with E-state index in [0.717, 1.165) is 6.54 Å². The monoisotopic (exact) mass is 214 g/mol. The van der Waals surface area contributed by atoms with Gasteiger partial charge in [-0.2, -0.15) is 0 Å². The van der Waals surface area contributed by atoms with E-state index in [1.54, 1.807) is 0 Å². The summed E-state index contributed by atoms with van der Waals surface area (Å²) < 4.78 is 0. The van der Waals surface area contributed by atoms with Crippen molar-refractivity contribution in [3.8, 4) is 0 Å². The van der Waals surface area contributed by atoms with E-state index in [1.807, 2.05) is 0 Å². The number of hydrogen-bond acceptors (Lipinski definition) is 1. The second kappa shape index (κ2) is 3.36. The Morgan fingerprint density at radius 1 is 1.38 bits per heavy atom. The minimum atomic E-state index is 0.510. The van der Waals surface area contributed by atoms with Gasteiger partial charge in [0.2, 0.25) is 0 Å². The van der Waals surface area contributed by atoms with E-state index in [2.05, 4.69) is 49.0 Å². The molecular weight excluding hydrogens is 196 g/mol. The van der Waals surface area contributed by atoms with Crippen LogP contribution in [0.25, 0.3) is 10.9 Å². The van der Waals surface area contributed by atoms with Gasteiger partial charge in [0, 0.05) is 29.2 Å². The van der Waals surface area contributed by atoms with Gasteiger partial charge in [-0.15, -0.1) is 0 Å². The molecule has 0 aliphatic carbocycles. The topological polar surface area (TPSA) is 19.0 Å². The van der Waals surface area contributed by atoms with Gasteiger partial charge < -0.3 is 4.98 Å². The number of hydrogen-bond donors (Lipinski definition) is 1. The standard InChI is InChI=1S/C14H18N2/c1-9-5-4-6-11-12-7-8-16(3)10(2)14(12)15-13(9)11/h4-6,10,15H,7-8H2,1-3H3. The highest BCUT2D eigenvalue weighted by atomic mass is 15.1. The Labute approximate surface area is 96.3 Å². The third kappa shape index (κ3) is 1.23. The lowest BCUT2D eigenvalue weighted by Crippen LogP contribution is -2.30. The van der Waals surface area contributed by atoms with Gasteiger partial charge in [0.25, 0.3) is 0 Å². The van der Waals surface area contributed by atoms with Gasteiger partial charge in [-0.3, -0.25) is 4.90 Å². The van der Waals surface area contributed by atoms with Crippen molar-refractivity contribution in [2.24, 2.45) is 0 Å². The predicted molar refractivity (Wildman–Crippen MR) is 67.8 cm³/mol. The first-order valence-electron chi connectivity index (χ1n) is 5.99. The predicted octanol–water partition coefficient (Wildman–Crippen LogP) is 3.03. The Hall–Kier alpha value is -1.28. The molecular formula is C14H18N2. The molecule has 1 unspecified atom stereocenters. The number of benzene rings is 1. The first-order chi connectivity index (χ1) is 7.68. The zero-order valence-corrected chi connectivity index (χ0v) is 10.2. The molecule has 0 bridgehead atoms. The number of aryl methyl sites for hydroxylation is 1. The fraction of sp³-hybridized carbons (Fsp3) is 0.429. The van der Waals surface area contributed by atoms with Gasteiger partial charge in [-0.05, 0) is 38.4 Å². The Balaban J connectivity index is 2.30. The van der Waals surface area contributed by atoms with Crippen LogP contribution >= 0.6 is 0 Å². The summed E-state index contributed by atoms with van der Waals surface area (Å²) in [6.07, 6.45) is 1.17. The maximum absolute atomic E-state index is 3.62. The van der Waals surface area contributed by atoms with Crippen LogP contribution in [0.1, 0.15) is 29.8 Å². The highest BCUT2D eigenvalue weighted by Crippen LogP contribution is 2.34. The molecule has 0 saturated carbocycles. The summed E-state index contributed by atoms with van der Waals surface area (Å²) in [5, 5.41) is 1.43. The van der Waals surface area contributed by atoms with Crippen LogP contribution in [0.4, 0.5) is 0 Å². The summed E-state index contributed by atoms with van der Waals surface area (Å²) in [7, 11) is 2.20. The Kier molecular flexibility index (Phi) is 2.08. The van der Waals surface area contributed by atoms with Crippen LogP contribution in [0.2, 0.25) is 0 Å². The number of aromatic nitrogens is 1. The number of fused-ring (bicyclic) bond motifs is 3. The minimum absolute atomic E-state index is 0.510. The number of nitrogens with zero attached hydrogens (tertiary/aromatic N) is 1. The van der Waals surface area contributed by atoms with E-state index in [9.17, 15) is 0 Å². The van der Waals surface area contributed by atoms with Gasteiger partial charge in [-0.25, -0.2) is 0 Å². The molecule has 0 saturated heterocycles. The number of para-hydroxylation sites is 1. The van der Waals surface area contributed by atoms with E-state index >= 15 is 0 Å². The number of aromatic amines is 1. The summed E-state index contributed by atoms with van der Waals surface area (Å²) in [6.45, 7) is 5.62. The fourth-order valence-corrected chi connectivity index (χ4v) is 2.77. The molecule has 2 nitrogen and oxygen atoms in total. The molecule has 1 aromatic carbocycles. The molecule has 2 heteroatoms. The van der Waals surface area contributed by atoms with E-state index in [0.29, 0.717) is 6.04 Å². The maximum atomic E-state index is 3.62. The zero-order valence-electron chi connectivity index (χ0n) is 10.2. The van der Waals surface area contributed by atoms with Gasteiger partial charge in [0.1, 0.15) is 0 Å². The first-order valence-corrected chi connectivity index (χ1v) is 5.99. The van der Waals surface area contributed by atoms with Crippen LogP contribution in [0.5, 0.6) is 0 Å². The van der Waals surface area contributed by atoms with Crippen LogP contribution < -0.4 is 0 Å². The van der Waals surface area contributed by atoms with Crippen molar-refractivity contribution in [1.82, 2.24) is 9.88 Å². The molecule has 0 fully saturated rings. The molecule has 0 amide bonds. The average Bonchev–Trinajstić information content (AvgIpc) is 2.65. The molecule has 0 radical (unpaired) electrons. The van der Waals surface area contributed by atoms with E-state index in [1.165, 1.54) is 34.1 Å². The summed E-state index contributed by atoms with van der Waals surface area (Å²) in [5.74, 6) is 0. The summed E-state index contributed by atoms with van der Waals surface area (Å²) in [4.78, 5) is 6.03. The lowest BCUT2D eigenvalue weighted by atomic mass is 9.98. The van der Waals surface area contributed by atoms with Crippen LogP contribution in [0.3, 0.4) is 0 Å². The van der Waals surface area contributed by atoms with Gasteiger partial charge >= 0.3 is 0 Å². The van der Waals surface area contributed by atoms with Crippen LogP contribution in [0.15, 0.2) is 18.2 Å². The average molecular weight is 214 g/mol. The third-order valence-corrected chi connectivity index (χ3v) is 3.98. The van der Waals surface area contributed by atoms with Crippen molar-refractivity contribution in [1.29, 1.82) is 0 Å². The minimum Gasteiger partial charge on any atom is -0.357 e. The van der Waals surface area contributed by atoms with E-state index in [4.69, 9.17) is 0 Å². The number of nitrogens with one attached hydrogen (secondary N) is 1. The SMILES string of the molecule is Cc1cccc2c3c([nH]c12)C(C)N(C)CC3. The third-order valence-electron chi connectivity index (χ3n) is 3.98. The summed E-state index contributed by atoms with van der Waals surface area (Å²) >= 11 is 0. The fourth-order valence-electron chi connectivity index (χ4n) is 2.77. The lowest BCUT2D eigenvalue weighted by molar-refractivity contribution is 0.244. The Morgan fingerprint density at radius 2 is 2.19 bits per heavy atom. The molecule has 84 valence electrons. The smallest absolute Gasteiger partial charge is 0.0489 e. The second-order valence-electron chi connectivity index (χ2n) is 4.92. The molecule has 1 N–H and O–H groups in total. The highest BCUT2D eigenvalue weighted by Gasteiger charge is 2.24. The number of H-pyrrole nitrogens is 1. The summed E-state index contributed by atoms with van der Waals surface area (Å²) in [6, 6.07) is 7.10. The first kappa shape index (κ1) is 9.91. The quantitative estimate of drug-likeness (QED) is 0.714. The molecule has 1 atom stereocenters. The van der Waals surface area contributed by atoms with Crippen molar-refractivity contribution in [3.05, 3.63) is 35.0 Å². The van der Waals surface area contributed by atoms with Crippen molar-refractivity contribution < 1.29 is 0 Å². The lowest BCUT2D eigenvalue weighted by Gasteiger charge is -2.29. The highest BCUT2D eigenvalue weighted by molar-refractivity contribution is 5.87. The molecule has 0 spiro atoms. The number of likely N-dealkylation sites (N-methyl/N-ethyl adjacent to an activating group) is 1. The summed E-state index contributed by atoms with van der Waals surface area (Å²) in [5.41, 5.74) is 5.62. The van der Waals surface area contributed by atoms with Gasteiger partial charge in [-0.1, -0.05) is 18.2 Å². The van der Waals surface area contributed by atoms with Crippen molar-refractivity contribution in [2.45, 2.75) is 26.3 Å². The second-order valence-corrected chi connectivity index (χ2v) is 4.92. The van der Waals surface area contributed by atoms with Crippen LogP contribution in [-0.4, -0.2) is 23.5 Å². The molecule has 1 aromatic heterocycles. The maximum Gasteiger partial charge on any atom is 0.0489 e. The zero-order chi connectivity index (χ0) is 11.3. The molecule has 2 heterocycles. The molecule has 3 rings (SSSR count). The van der Waals surface area contributed by atoms with Crippen molar-refractivity contribution in [2.75, 3.05) is 13.6 Å². The van der Waals surface area contributed by atoms with E-state index < -0.39 is 0 Å².